The van der Waals surface area contributed by atoms with Crippen LogP contribution in [0.2, 0.25) is 0 Å². The van der Waals surface area contributed by atoms with Crippen LogP contribution in [0.5, 0.6) is 0 Å². The zero-order valence-electron chi connectivity index (χ0n) is 18.9. The lowest BCUT2D eigenvalue weighted by Crippen LogP contribution is -2.48. The maximum atomic E-state index is 15.4. The molecule has 0 spiro atoms. The standard InChI is InChI=1S/C25H25F3N2O3/c1-14-7-16-11-21-17(12-29-33-21)10-18(16)24(30(14)13-25(2,3)28)23-19(26)8-15(9-20(23)27)5-6-22(31)32-4/h5-6,8-12,14,24H,7,13H2,1-4H3/b6-5+/t14-,24+/m1/s1. The molecule has 1 aliphatic rings. The fraction of sp³-hybridized carbons (Fsp3) is 0.360. The Morgan fingerprint density at radius 3 is 2.61 bits per heavy atom. The molecule has 1 aromatic heterocycles. The van der Waals surface area contributed by atoms with Gasteiger partial charge in [-0.1, -0.05) is 5.16 Å². The topological polar surface area (TPSA) is 55.6 Å². The van der Waals surface area contributed by atoms with Crippen molar-refractivity contribution in [1.82, 2.24) is 10.1 Å². The van der Waals surface area contributed by atoms with Gasteiger partial charge in [-0.05, 0) is 74.2 Å². The minimum Gasteiger partial charge on any atom is -0.466 e. The highest BCUT2D eigenvalue weighted by atomic mass is 19.1. The second-order valence-electron chi connectivity index (χ2n) is 9.02. The highest BCUT2D eigenvalue weighted by Crippen LogP contribution is 2.42. The first-order valence-corrected chi connectivity index (χ1v) is 10.6. The van der Waals surface area contributed by atoms with Crippen LogP contribution in [0.4, 0.5) is 13.2 Å². The van der Waals surface area contributed by atoms with Crippen molar-refractivity contribution in [2.45, 2.75) is 44.9 Å². The third-order valence-electron chi connectivity index (χ3n) is 5.87. The Balaban J connectivity index is 1.88. The number of nitrogens with zero attached hydrogens (tertiary/aromatic N) is 2. The Morgan fingerprint density at radius 2 is 1.97 bits per heavy atom. The predicted molar refractivity (Wildman–Crippen MR) is 118 cm³/mol. The number of halogens is 3. The van der Waals surface area contributed by atoms with E-state index in [1.165, 1.54) is 27.0 Å². The molecule has 0 amide bonds. The molecule has 0 fully saturated rings. The van der Waals surface area contributed by atoms with Crippen molar-refractivity contribution in [1.29, 1.82) is 0 Å². The lowest BCUT2D eigenvalue weighted by Gasteiger charge is -2.44. The lowest BCUT2D eigenvalue weighted by atomic mass is 9.83. The number of hydrogen-bond acceptors (Lipinski definition) is 5. The van der Waals surface area contributed by atoms with Crippen LogP contribution in [0.1, 0.15) is 49.1 Å². The number of benzene rings is 2. The summed E-state index contributed by atoms with van der Waals surface area (Å²) < 4.78 is 55.5. The van der Waals surface area contributed by atoms with Gasteiger partial charge in [0.1, 0.15) is 17.3 Å². The molecule has 0 radical (unpaired) electrons. The number of carbonyl (C=O) groups excluding carboxylic acids is 1. The highest BCUT2D eigenvalue weighted by molar-refractivity contribution is 5.87. The summed E-state index contributed by atoms with van der Waals surface area (Å²) in [5, 5.41) is 4.51. The van der Waals surface area contributed by atoms with Gasteiger partial charge in [-0.2, -0.15) is 0 Å². The van der Waals surface area contributed by atoms with Crippen molar-refractivity contribution in [3.8, 4) is 0 Å². The lowest BCUT2D eigenvalue weighted by molar-refractivity contribution is -0.134. The summed E-state index contributed by atoms with van der Waals surface area (Å²) in [6, 6.07) is 4.93. The molecule has 0 N–H and O–H groups in total. The summed E-state index contributed by atoms with van der Waals surface area (Å²) in [5.74, 6) is -2.20. The average Bonchev–Trinajstić information content (AvgIpc) is 3.18. The van der Waals surface area contributed by atoms with Gasteiger partial charge in [0.2, 0.25) is 0 Å². The molecule has 2 atom stereocenters. The molecule has 4 rings (SSSR count). The van der Waals surface area contributed by atoms with Crippen LogP contribution in [0.25, 0.3) is 17.0 Å². The van der Waals surface area contributed by atoms with Gasteiger partial charge in [0.25, 0.3) is 0 Å². The number of methoxy groups -OCH3 is 1. The first kappa shape index (κ1) is 23.0. The third-order valence-corrected chi connectivity index (χ3v) is 5.87. The van der Waals surface area contributed by atoms with Gasteiger partial charge in [-0.15, -0.1) is 0 Å². The highest BCUT2D eigenvalue weighted by Gasteiger charge is 2.39. The molecule has 8 heteroatoms. The normalized spacial score (nSPS) is 19.2. The molecule has 1 aliphatic heterocycles. The van der Waals surface area contributed by atoms with Crippen LogP contribution in [-0.4, -0.2) is 41.4 Å². The van der Waals surface area contributed by atoms with Crippen LogP contribution in [0, 0.1) is 11.6 Å². The molecule has 0 aliphatic carbocycles. The van der Waals surface area contributed by atoms with Crippen molar-refractivity contribution < 1.29 is 27.2 Å². The fourth-order valence-corrected chi connectivity index (χ4v) is 4.47. The molecule has 2 aromatic carbocycles. The third kappa shape index (κ3) is 4.66. The predicted octanol–water partition coefficient (Wildman–Crippen LogP) is 5.38. The molecule has 0 bridgehead atoms. The quantitative estimate of drug-likeness (QED) is 0.380. The number of aromatic nitrogens is 1. The van der Waals surface area contributed by atoms with Crippen molar-refractivity contribution in [3.05, 3.63) is 70.4 Å². The minimum atomic E-state index is -1.58. The number of hydrogen-bond donors (Lipinski definition) is 0. The smallest absolute Gasteiger partial charge is 0.330 e. The SMILES string of the molecule is COC(=O)/C=C/c1cc(F)c([C@@H]2c3cc4cnoc4cc3C[C@@H](C)N2CC(C)(C)F)c(F)c1. The largest absolute Gasteiger partial charge is 0.466 e. The summed E-state index contributed by atoms with van der Waals surface area (Å²) in [6.07, 6.45) is 4.48. The number of ether oxygens (including phenoxy) is 1. The fourth-order valence-electron chi connectivity index (χ4n) is 4.47. The van der Waals surface area contributed by atoms with Crippen molar-refractivity contribution >= 4 is 23.0 Å². The first-order valence-electron chi connectivity index (χ1n) is 10.6. The average molecular weight is 458 g/mol. The van der Waals surface area contributed by atoms with E-state index in [4.69, 9.17) is 4.52 Å². The van der Waals surface area contributed by atoms with E-state index < -0.39 is 29.3 Å². The molecule has 5 nitrogen and oxygen atoms in total. The molecule has 2 heterocycles. The zero-order chi connectivity index (χ0) is 23.9. The van der Waals surface area contributed by atoms with Gasteiger partial charge in [0.05, 0.1) is 19.3 Å². The molecule has 0 saturated heterocycles. The van der Waals surface area contributed by atoms with E-state index >= 15 is 8.78 Å². The summed E-state index contributed by atoms with van der Waals surface area (Å²) >= 11 is 0. The number of carbonyl (C=O) groups is 1. The van der Waals surface area contributed by atoms with E-state index in [0.717, 1.165) is 23.8 Å². The van der Waals surface area contributed by atoms with Gasteiger partial charge < -0.3 is 9.26 Å². The Bertz CT molecular complexity index is 1210. The number of esters is 1. The summed E-state index contributed by atoms with van der Waals surface area (Å²) in [4.78, 5) is 13.2. The molecule has 0 saturated carbocycles. The number of fused-ring (bicyclic) bond motifs is 2. The van der Waals surface area contributed by atoms with Crippen molar-refractivity contribution in [3.63, 3.8) is 0 Å². The second-order valence-corrected chi connectivity index (χ2v) is 9.02. The van der Waals surface area contributed by atoms with Crippen LogP contribution < -0.4 is 0 Å². The number of alkyl halides is 1. The van der Waals surface area contributed by atoms with E-state index in [2.05, 4.69) is 9.89 Å². The van der Waals surface area contributed by atoms with E-state index in [0.29, 0.717) is 23.0 Å². The molecule has 33 heavy (non-hydrogen) atoms. The first-order chi connectivity index (χ1) is 15.6. The Morgan fingerprint density at radius 1 is 1.27 bits per heavy atom. The van der Waals surface area contributed by atoms with Crippen LogP contribution >= 0.6 is 0 Å². The maximum absolute atomic E-state index is 15.4. The second kappa shape index (κ2) is 8.67. The Hall–Kier alpha value is -3.13. The van der Waals surface area contributed by atoms with E-state index in [9.17, 15) is 9.18 Å². The number of rotatable bonds is 5. The van der Waals surface area contributed by atoms with Gasteiger partial charge in [0, 0.05) is 29.6 Å². The van der Waals surface area contributed by atoms with Crippen molar-refractivity contribution in [2.75, 3.05) is 13.7 Å². The Labute approximate surface area is 189 Å². The molecule has 0 unspecified atom stereocenters. The van der Waals surface area contributed by atoms with E-state index in [-0.39, 0.29) is 23.7 Å². The van der Waals surface area contributed by atoms with Crippen molar-refractivity contribution in [2.24, 2.45) is 0 Å². The Kier molecular flexibility index (Phi) is 6.05. The van der Waals surface area contributed by atoms with Crippen LogP contribution in [-0.2, 0) is 16.0 Å². The van der Waals surface area contributed by atoms with E-state index in [1.54, 1.807) is 17.2 Å². The van der Waals surface area contributed by atoms with Gasteiger partial charge in [0.15, 0.2) is 5.58 Å². The van der Waals surface area contributed by atoms with Crippen LogP contribution in [0.3, 0.4) is 0 Å². The van der Waals surface area contributed by atoms with Crippen LogP contribution in [0.15, 0.2) is 41.1 Å². The zero-order valence-corrected chi connectivity index (χ0v) is 18.9. The molecular weight excluding hydrogens is 433 g/mol. The summed E-state index contributed by atoms with van der Waals surface area (Å²) in [6.45, 7) is 4.80. The summed E-state index contributed by atoms with van der Waals surface area (Å²) in [5.41, 5.74) is 0.569. The monoisotopic (exact) mass is 458 g/mol. The molecule has 3 aromatic rings. The van der Waals surface area contributed by atoms with Gasteiger partial charge >= 0.3 is 5.97 Å². The molecule has 174 valence electrons. The van der Waals surface area contributed by atoms with E-state index in [1.807, 2.05) is 13.0 Å². The van der Waals surface area contributed by atoms with Gasteiger partial charge in [-0.3, -0.25) is 4.90 Å². The summed E-state index contributed by atoms with van der Waals surface area (Å²) in [7, 11) is 1.21. The maximum Gasteiger partial charge on any atom is 0.330 e. The molecular formula is C25H25F3N2O3. The van der Waals surface area contributed by atoms with Gasteiger partial charge in [-0.25, -0.2) is 18.0 Å². The minimum absolute atomic E-state index is 0.0111.